The molecule has 1 atom stereocenters. The highest BCUT2D eigenvalue weighted by molar-refractivity contribution is 6.09. The monoisotopic (exact) mass is 990 g/mol. The van der Waals surface area contributed by atoms with Gasteiger partial charge in [-0.3, -0.25) is 38.5 Å². The summed E-state index contributed by atoms with van der Waals surface area (Å²) in [5.41, 5.74) is 6.77. The number of carbonyl (C=O) groups excluding carboxylic acids is 4. The number of nitrogens with zero attached hydrogens (tertiary/aromatic N) is 9. The Bertz CT molecular complexity index is 3130. The number of imidazole rings is 2. The van der Waals surface area contributed by atoms with Gasteiger partial charge >= 0.3 is 5.69 Å². The summed E-state index contributed by atoms with van der Waals surface area (Å²) in [7, 11) is 1.67. The second-order valence-electron chi connectivity index (χ2n) is 22.1. The van der Waals surface area contributed by atoms with Gasteiger partial charge in [-0.15, -0.1) is 0 Å². The number of amides is 4. The number of benzene rings is 2. The molecule has 5 aliphatic heterocycles. The number of imide groups is 1. The van der Waals surface area contributed by atoms with Crippen LogP contribution >= 0.6 is 0 Å². The predicted octanol–water partition coefficient (Wildman–Crippen LogP) is 5.64. The van der Waals surface area contributed by atoms with Crippen molar-refractivity contribution in [1.29, 1.82) is 0 Å². The number of anilines is 2. The molecule has 4 amide bonds. The van der Waals surface area contributed by atoms with Gasteiger partial charge in [0.15, 0.2) is 5.82 Å². The summed E-state index contributed by atoms with van der Waals surface area (Å²) in [5.74, 6) is 6.69. The summed E-state index contributed by atoms with van der Waals surface area (Å²) in [6.07, 6.45) is 13.2. The number of aromatic nitrogens is 5. The van der Waals surface area contributed by atoms with E-state index >= 15 is 4.79 Å². The molecule has 0 unspecified atom stereocenters. The SMILES string of the molecule is CC(C)n1cnc2cc(-c3ccc4c(c3)N(C3CC(N5CCCCC5)C3)C(=O)C43CCN(C(=O)CN4CCC(OCC#Cc5cccc6c5n(C)c(=O)n6[C@@H]5CCC(=O)NC5=O)CC4)CC3)nc(NC3CC3)c21. The number of fused-ring (bicyclic) bond motifs is 4. The molecule has 2 aliphatic carbocycles. The van der Waals surface area contributed by atoms with Gasteiger partial charge in [0.25, 0.3) is 0 Å². The zero-order valence-corrected chi connectivity index (χ0v) is 42.4. The minimum atomic E-state index is -0.763. The number of ether oxygens (including phenoxy) is 1. The Balaban J connectivity index is 0.693. The third-order valence-electron chi connectivity index (χ3n) is 17.2. The molecule has 17 nitrogen and oxygen atoms in total. The first-order valence-electron chi connectivity index (χ1n) is 26.9. The van der Waals surface area contributed by atoms with Crippen LogP contribution in [-0.4, -0.2) is 139 Å². The Labute approximate surface area is 425 Å². The first-order valence-corrected chi connectivity index (χ1v) is 26.9. The molecule has 5 aromatic rings. The molecule has 73 heavy (non-hydrogen) atoms. The minimum Gasteiger partial charge on any atom is -0.366 e. The number of hydrogen-bond acceptors (Lipinski definition) is 11. The molecule has 3 aromatic heterocycles. The molecule has 2 aromatic carbocycles. The van der Waals surface area contributed by atoms with Crippen LogP contribution in [0.25, 0.3) is 33.3 Å². The van der Waals surface area contributed by atoms with Crippen LogP contribution in [0, 0.1) is 11.8 Å². The highest BCUT2D eigenvalue weighted by Gasteiger charge is 2.56. The number of aryl methyl sites for hydroxylation is 1. The Morgan fingerprint density at radius 3 is 2.42 bits per heavy atom. The number of hydrogen-bond donors (Lipinski definition) is 2. The predicted molar refractivity (Wildman–Crippen MR) is 278 cm³/mol. The summed E-state index contributed by atoms with van der Waals surface area (Å²) in [6, 6.07) is 14.7. The molecule has 17 heteroatoms. The molecular formula is C56H67N11O6. The molecule has 8 heterocycles. The fourth-order valence-corrected chi connectivity index (χ4v) is 12.8. The van der Waals surface area contributed by atoms with Crippen LogP contribution in [0.15, 0.2) is 53.6 Å². The van der Waals surface area contributed by atoms with Crippen LogP contribution in [0.3, 0.4) is 0 Å². The molecule has 12 rings (SSSR count). The van der Waals surface area contributed by atoms with Crippen molar-refractivity contribution in [2.24, 2.45) is 7.05 Å². The Morgan fingerprint density at radius 2 is 1.68 bits per heavy atom. The normalized spacial score (nSPS) is 23.8. The highest BCUT2D eigenvalue weighted by Crippen LogP contribution is 2.52. The fourth-order valence-electron chi connectivity index (χ4n) is 12.8. The van der Waals surface area contributed by atoms with Crippen molar-refractivity contribution in [3.05, 3.63) is 70.4 Å². The third kappa shape index (κ3) is 8.72. The summed E-state index contributed by atoms with van der Waals surface area (Å²) in [6.45, 7) is 9.74. The van der Waals surface area contributed by atoms with E-state index in [-0.39, 0.29) is 61.0 Å². The molecule has 6 fully saturated rings. The van der Waals surface area contributed by atoms with E-state index in [0.717, 1.165) is 104 Å². The number of rotatable bonds is 11. The molecule has 2 saturated carbocycles. The van der Waals surface area contributed by atoms with Gasteiger partial charge in [-0.05, 0) is 127 Å². The maximum Gasteiger partial charge on any atom is 0.329 e. The van der Waals surface area contributed by atoms with Crippen LogP contribution in [0.4, 0.5) is 11.5 Å². The Kier molecular flexibility index (Phi) is 12.5. The number of likely N-dealkylation sites (tertiary alicyclic amines) is 3. The quantitative estimate of drug-likeness (QED) is 0.124. The summed E-state index contributed by atoms with van der Waals surface area (Å²) in [5, 5.41) is 6.06. The van der Waals surface area contributed by atoms with Gasteiger partial charge in [-0.25, -0.2) is 14.8 Å². The van der Waals surface area contributed by atoms with E-state index in [2.05, 4.69) is 79.9 Å². The second-order valence-corrected chi connectivity index (χ2v) is 22.1. The van der Waals surface area contributed by atoms with E-state index in [9.17, 15) is 19.2 Å². The van der Waals surface area contributed by atoms with Crippen molar-refractivity contribution in [1.82, 2.24) is 43.7 Å². The average molecular weight is 990 g/mol. The van der Waals surface area contributed by atoms with Gasteiger partial charge in [0.1, 0.15) is 18.2 Å². The van der Waals surface area contributed by atoms with Gasteiger partial charge in [-0.2, -0.15) is 0 Å². The van der Waals surface area contributed by atoms with Crippen LogP contribution < -0.4 is 21.2 Å². The zero-order valence-electron chi connectivity index (χ0n) is 42.4. The molecule has 7 aliphatic rings. The van der Waals surface area contributed by atoms with Crippen molar-refractivity contribution >= 4 is 57.2 Å². The molecule has 0 radical (unpaired) electrons. The van der Waals surface area contributed by atoms with Gasteiger partial charge in [-0.1, -0.05) is 36.5 Å². The smallest absolute Gasteiger partial charge is 0.329 e. The number of pyridine rings is 1. The second kappa shape index (κ2) is 19.2. The lowest BCUT2D eigenvalue weighted by Crippen LogP contribution is -2.58. The maximum absolute atomic E-state index is 15.2. The van der Waals surface area contributed by atoms with Crippen LogP contribution in [0.5, 0.6) is 0 Å². The van der Waals surface area contributed by atoms with Gasteiger partial charge in [0.2, 0.25) is 23.6 Å². The van der Waals surface area contributed by atoms with E-state index in [1.54, 1.807) is 13.1 Å². The molecular weight excluding hydrogens is 923 g/mol. The lowest BCUT2D eigenvalue weighted by molar-refractivity contribution is -0.137. The lowest BCUT2D eigenvalue weighted by Gasteiger charge is -2.48. The van der Waals surface area contributed by atoms with E-state index in [1.165, 1.54) is 28.4 Å². The Hall–Kier alpha value is -6.35. The van der Waals surface area contributed by atoms with E-state index in [1.807, 2.05) is 23.4 Å². The average Bonchev–Trinajstić information content (AvgIpc) is 3.97. The van der Waals surface area contributed by atoms with Crippen molar-refractivity contribution < 1.29 is 23.9 Å². The van der Waals surface area contributed by atoms with Gasteiger partial charge < -0.3 is 29.3 Å². The van der Waals surface area contributed by atoms with Gasteiger partial charge in [0.05, 0.1) is 52.2 Å². The topological polar surface area (TPSA) is 172 Å². The number of carbonyl (C=O) groups is 4. The fraction of sp³-hybridized carbons (Fsp3) is 0.554. The van der Waals surface area contributed by atoms with E-state index < -0.39 is 17.4 Å². The van der Waals surface area contributed by atoms with Crippen LogP contribution in [0.2, 0.25) is 0 Å². The van der Waals surface area contributed by atoms with E-state index in [4.69, 9.17) is 14.7 Å². The molecule has 2 N–H and O–H groups in total. The first kappa shape index (κ1) is 47.6. The summed E-state index contributed by atoms with van der Waals surface area (Å²) >= 11 is 0. The number of nitrogens with one attached hydrogen (secondary N) is 2. The highest BCUT2D eigenvalue weighted by atomic mass is 16.5. The van der Waals surface area contributed by atoms with Crippen molar-refractivity contribution in [2.75, 3.05) is 62.6 Å². The first-order chi connectivity index (χ1) is 35.4. The minimum absolute atomic E-state index is 0.00985. The van der Waals surface area contributed by atoms with Crippen molar-refractivity contribution in [3.63, 3.8) is 0 Å². The van der Waals surface area contributed by atoms with E-state index in [0.29, 0.717) is 61.2 Å². The third-order valence-corrected chi connectivity index (χ3v) is 17.2. The Morgan fingerprint density at radius 1 is 0.904 bits per heavy atom. The zero-order chi connectivity index (χ0) is 50.1. The molecule has 0 bridgehead atoms. The number of piperidine rings is 4. The van der Waals surface area contributed by atoms with Crippen LogP contribution in [-0.2, 0) is 36.4 Å². The molecule has 382 valence electrons. The molecule has 4 saturated heterocycles. The van der Waals surface area contributed by atoms with Gasteiger partial charge in [0, 0.05) is 75.1 Å². The van der Waals surface area contributed by atoms with Crippen molar-refractivity contribution in [3.8, 4) is 23.1 Å². The lowest BCUT2D eigenvalue weighted by atomic mass is 9.73. The largest absolute Gasteiger partial charge is 0.366 e. The van der Waals surface area contributed by atoms with Crippen LogP contribution in [0.1, 0.15) is 121 Å². The summed E-state index contributed by atoms with van der Waals surface area (Å²) in [4.78, 5) is 86.1. The standard InChI is InChI=1S/C56H67N11O6/c1-35(2)65-34-57-44-32-43(59-52(51(44)65)58-38-13-14-38)37-12-15-42-47(29-37)66(40-30-39(31-40)63-22-5-4-6-23-63)54(71)56(42)20-26-64(27-21-56)49(69)33-62-24-18-41(19-25-62)73-28-8-10-36-9-7-11-45-50(36)61(3)55(72)67(45)46-16-17-48(68)60-53(46)70/h7,9,11-12,15,29,32,34-35,38-41,46H,4-6,13-14,16-28,30-31,33H2,1-3H3,(H,58,59)(H,60,68,70)/t39?,40?,46-/m1/s1. The summed E-state index contributed by atoms with van der Waals surface area (Å²) < 4.78 is 11.4. The molecule has 1 spiro atoms. The van der Waals surface area contributed by atoms with Crippen molar-refractivity contribution in [2.45, 2.75) is 139 Å². The number of para-hydroxylation sites is 1. The maximum atomic E-state index is 15.2.